The summed E-state index contributed by atoms with van der Waals surface area (Å²) in [5, 5.41) is 0.125. The molecule has 2 rings (SSSR count). The largest absolute Gasteiger partial charge is 0.271 e. The van der Waals surface area contributed by atoms with E-state index in [4.69, 9.17) is 17.4 Å². The molecule has 1 aliphatic carbocycles. The molecule has 3 N–H and O–H groups in total. The Morgan fingerprint density at radius 3 is 2.70 bits per heavy atom. The van der Waals surface area contributed by atoms with Gasteiger partial charge in [-0.25, -0.2) is 4.39 Å². The van der Waals surface area contributed by atoms with Crippen LogP contribution in [0.3, 0.4) is 0 Å². The smallest absolute Gasteiger partial charge is 0.147 e. The summed E-state index contributed by atoms with van der Waals surface area (Å²) in [6.07, 6.45) is 8.51. The lowest BCUT2D eigenvalue weighted by Crippen LogP contribution is -2.29. The second kappa shape index (κ2) is 7.74. The van der Waals surface area contributed by atoms with Gasteiger partial charge in [0.2, 0.25) is 0 Å². The summed E-state index contributed by atoms with van der Waals surface area (Å²) in [4.78, 5) is 0. The number of hydrogen-bond donors (Lipinski definition) is 2. The van der Waals surface area contributed by atoms with Gasteiger partial charge in [0.25, 0.3) is 0 Å². The van der Waals surface area contributed by atoms with Crippen LogP contribution in [0.1, 0.15) is 56.6 Å². The summed E-state index contributed by atoms with van der Waals surface area (Å²) >= 11 is 9.17. The Kier molecular flexibility index (Phi) is 6.27. The maximum Gasteiger partial charge on any atom is 0.147 e. The van der Waals surface area contributed by atoms with E-state index < -0.39 is 0 Å². The minimum Gasteiger partial charge on any atom is -0.271 e. The molecule has 1 fully saturated rings. The van der Waals surface area contributed by atoms with Gasteiger partial charge in [0, 0.05) is 16.1 Å². The van der Waals surface area contributed by atoms with E-state index in [0.717, 1.165) is 18.8 Å². The summed E-state index contributed by atoms with van der Waals surface area (Å²) in [5.41, 5.74) is 3.28. The highest BCUT2D eigenvalue weighted by Crippen LogP contribution is 2.34. The zero-order chi connectivity index (χ0) is 14.5. The first-order valence-corrected chi connectivity index (χ1v) is 8.40. The van der Waals surface area contributed by atoms with Crippen molar-refractivity contribution in [3.8, 4) is 0 Å². The van der Waals surface area contributed by atoms with Gasteiger partial charge in [-0.2, -0.15) is 0 Å². The molecule has 1 aliphatic rings. The normalized spacial score (nSPS) is 18.2. The molecule has 5 heteroatoms. The maximum atomic E-state index is 14.2. The molecule has 0 bridgehead atoms. The number of rotatable bonds is 5. The zero-order valence-electron chi connectivity index (χ0n) is 11.5. The Hall–Kier alpha value is -0.160. The predicted molar refractivity (Wildman–Crippen MR) is 85.0 cm³/mol. The van der Waals surface area contributed by atoms with E-state index in [9.17, 15) is 4.39 Å². The Balaban J connectivity index is 2.02. The fourth-order valence-electron chi connectivity index (χ4n) is 3.02. The first kappa shape index (κ1) is 16.2. The third-order valence-corrected chi connectivity index (χ3v) is 5.49. The molecule has 1 aromatic carbocycles. The SMILES string of the molecule is NNC(CCC1CCCCC1)c1ccc(Br)c(Cl)c1F. The number of hydrogen-bond acceptors (Lipinski definition) is 2. The molecule has 2 nitrogen and oxygen atoms in total. The van der Waals surface area contributed by atoms with Crippen molar-refractivity contribution in [1.29, 1.82) is 0 Å². The minimum absolute atomic E-state index is 0.125. The fraction of sp³-hybridized carbons (Fsp3) is 0.600. The summed E-state index contributed by atoms with van der Waals surface area (Å²) in [7, 11) is 0. The van der Waals surface area contributed by atoms with E-state index >= 15 is 0 Å². The third kappa shape index (κ3) is 3.94. The van der Waals surface area contributed by atoms with Crippen molar-refractivity contribution >= 4 is 27.5 Å². The van der Waals surface area contributed by atoms with Crippen LogP contribution in [0.15, 0.2) is 16.6 Å². The summed E-state index contributed by atoms with van der Waals surface area (Å²) < 4.78 is 14.8. The van der Waals surface area contributed by atoms with Gasteiger partial charge in [0.15, 0.2) is 0 Å². The molecule has 112 valence electrons. The van der Waals surface area contributed by atoms with Crippen LogP contribution in [0, 0.1) is 11.7 Å². The number of nitrogens with two attached hydrogens (primary N) is 1. The van der Waals surface area contributed by atoms with Crippen molar-refractivity contribution in [3.05, 3.63) is 33.0 Å². The van der Waals surface area contributed by atoms with Crippen LogP contribution in [0.5, 0.6) is 0 Å². The second-order valence-corrected chi connectivity index (χ2v) is 6.80. The van der Waals surface area contributed by atoms with Crippen molar-refractivity contribution in [3.63, 3.8) is 0 Å². The van der Waals surface area contributed by atoms with Crippen molar-refractivity contribution in [1.82, 2.24) is 5.43 Å². The standard InChI is InChI=1S/C15H21BrClFN2/c16-12-8-7-11(15(18)14(12)17)13(20-19)9-6-10-4-2-1-3-5-10/h7-8,10,13,20H,1-6,9,19H2. The molecule has 1 unspecified atom stereocenters. The number of halogens is 3. The van der Waals surface area contributed by atoms with Gasteiger partial charge in [0.05, 0.1) is 5.02 Å². The van der Waals surface area contributed by atoms with E-state index in [0.29, 0.717) is 10.0 Å². The first-order valence-electron chi connectivity index (χ1n) is 7.23. The van der Waals surface area contributed by atoms with Crippen LogP contribution < -0.4 is 11.3 Å². The number of hydrazine groups is 1. The van der Waals surface area contributed by atoms with Gasteiger partial charge in [0.1, 0.15) is 5.82 Å². The van der Waals surface area contributed by atoms with Gasteiger partial charge < -0.3 is 0 Å². The molecule has 1 atom stereocenters. The highest BCUT2D eigenvalue weighted by atomic mass is 79.9. The van der Waals surface area contributed by atoms with Gasteiger partial charge in [-0.3, -0.25) is 11.3 Å². The molecule has 0 aromatic heterocycles. The van der Waals surface area contributed by atoms with E-state index in [1.807, 2.05) is 0 Å². The van der Waals surface area contributed by atoms with Crippen molar-refractivity contribution in [2.75, 3.05) is 0 Å². The fourth-order valence-corrected chi connectivity index (χ4v) is 3.50. The molecule has 1 aromatic rings. The topological polar surface area (TPSA) is 38.0 Å². The van der Waals surface area contributed by atoms with Crippen LogP contribution in [0.4, 0.5) is 4.39 Å². The molecule has 0 saturated heterocycles. The molecule has 20 heavy (non-hydrogen) atoms. The number of nitrogens with one attached hydrogen (secondary N) is 1. The lowest BCUT2D eigenvalue weighted by molar-refractivity contribution is 0.313. The number of benzene rings is 1. The summed E-state index contributed by atoms with van der Waals surface area (Å²) in [6.45, 7) is 0. The Bertz CT molecular complexity index is 450. The Morgan fingerprint density at radius 1 is 1.35 bits per heavy atom. The maximum absolute atomic E-state index is 14.2. The van der Waals surface area contributed by atoms with Crippen LogP contribution >= 0.6 is 27.5 Å². The van der Waals surface area contributed by atoms with E-state index in [1.165, 1.54) is 32.1 Å². The highest BCUT2D eigenvalue weighted by molar-refractivity contribution is 9.10. The monoisotopic (exact) mass is 362 g/mol. The van der Waals surface area contributed by atoms with Crippen LogP contribution in [-0.4, -0.2) is 0 Å². The van der Waals surface area contributed by atoms with Crippen LogP contribution in [0.2, 0.25) is 5.02 Å². The van der Waals surface area contributed by atoms with Gasteiger partial charge in [-0.15, -0.1) is 0 Å². The highest BCUT2D eigenvalue weighted by Gasteiger charge is 2.20. The quantitative estimate of drug-likeness (QED) is 0.433. The zero-order valence-corrected chi connectivity index (χ0v) is 13.8. The van der Waals surface area contributed by atoms with Crippen molar-refractivity contribution < 1.29 is 4.39 Å². The molecule has 0 spiro atoms. The molecular formula is C15H21BrClFN2. The average molecular weight is 364 g/mol. The van der Waals surface area contributed by atoms with Gasteiger partial charge in [-0.1, -0.05) is 49.8 Å². The molecular weight excluding hydrogens is 343 g/mol. The molecule has 0 aliphatic heterocycles. The Morgan fingerprint density at radius 2 is 2.05 bits per heavy atom. The van der Waals surface area contributed by atoms with Crippen LogP contribution in [-0.2, 0) is 0 Å². The lowest BCUT2D eigenvalue weighted by Gasteiger charge is -2.24. The summed E-state index contributed by atoms with van der Waals surface area (Å²) in [6, 6.07) is 3.34. The van der Waals surface area contributed by atoms with E-state index in [-0.39, 0.29) is 16.9 Å². The average Bonchev–Trinajstić information content (AvgIpc) is 2.48. The van der Waals surface area contributed by atoms with Crippen molar-refractivity contribution in [2.24, 2.45) is 11.8 Å². The predicted octanol–water partition coefficient (Wildman–Crippen LogP) is 5.11. The lowest BCUT2D eigenvalue weighted by atomic mass is 9.84. The van der Waals surface area contributed by atoms with Gasteiger partial charge in [-0.05, 0) is 40.8 Å². The van der Waals surface area contributed by atoms with E-state index in [1.54, 1.807) is 12.1 Å². The minimum atomic E-state index is -0.382. The molecule has 1 saturated carbocycles. The van der Waals surface area contributed by atoms with E-state index in [2.05, 4.69) is 21.4 Å². The molecule has 0 amide bonds. The first-order chi connectivity index (χ1) is 9.63. The summed E-state index contributed by atoms with van der Waals surface area (Å²) in [5.74, 6) is 5.98. The second-order valence-electron chi connectivity index (χ2n) is 5.57. The van der Waals surface area contributed by atoms with Crippen molar-refractivity contribution in [2.45, 2.75) is 51.0 Å². The Labute approximate surface area is 133 Å². The molecule has 0 heterocycles. The van der Waals surface area contributed by atoms with Gasteiger partial charge >= 0.3 is 0 Å². The molecule has 0 radical (unpaired) electrons. The van der Waals surface area contributed by atoms with Crippen LogP contribution in [0.25, 0.3) is 0 Å². The third-order valence-electron chi connectivity index (χ3n) is 4.23.